The predicted octanol–water partition coefficient (Wildman–Crippen LogP) is 13.2. The van der Waals surface area contributed by atoms with Gasteiger partial charge in [-0.05, 0) is 77.4 Å². The number of nitrogens with one attached hydrogen (secondary N) is 1. The molecule has 0 spiro atoms. The first kappa shape index (κ1) is 32.0. The molecule has 1 unspecified atom stereocenters. The summed E-state index contributed by atoms with van der Waals surface area (Å²) in [5.74, 6) is 1.53. The van der Waals surface area contributed by atoms with Crippen molar-refractivity contribution in [2.24, 2.45) is 9.98 Å². The molecule has 12 rings (SSSR count). The summed E-state index contributed by atoms with van der Waals surface area (Å²) in [5, 5.41) is 10.8. The molecule has 0 fully saturated rings. The highest BCUT2D eigenvalue weighted by atomic mass is 32.1. The Morgan fingerprint density at radius 2 is 1.11 bits per heavy atom. The van der Waals surface area contributed by atoms with Gasteiger partial charge < -0.3 is 14.3 Å². The van der Waals surface area contributed by atoms with E-state index < -0.39 is 0 Å². The van der Waals surface area contributed by atoms with E-state index in [-0.39, 0.29) is 6.17 Å². The summed E-state index contributed by atoms with van der Waals surface area (Å²) >= 11 is 1.82. The topological polar surface area (TPSA) is 54.8 Å². The fourth-order valence-corrected chi connectivity index (χ4v) is 9.61. The summed E-state index contributed by atoms with van der Waals surface area (Å²) in [6.07, 6.45) is -0.248. The van der Waals surface area contributed by atoms with Crippen molar-refractivity contribution >= 4 is 86.9 Å². The molecule has 4 heterocycles. The molecule has 6 heteroatoms. The van der Waals surface area contributed by atoms with Gasteiger partial charge in [-0.2, -0.15) is 0 Å². The smallest absolute Gasteiger partial charge is 0.159 e. The number of amidine groups is 2. The Morgan fingerprint density at radius 3 is 1.86 bits per heavy atom. The quantitative estimate of drug-likeness (QED) is 0.191. The molecule has 57 heavy (non-hydrogen) atoms. The lowest BCUT2D eigenvalue weighted by Crippen LogP contribution is -2.33. The van der Waals surface area contributed by atoms with Gasteiger partial charge >= 0.3 is 0 Å². The van der Waals surface area contributed by atoms with Crippen LogP contribution in [0.2, 0.25) is 0 Å². The Hall–Kier alpha value is -7.28. The zero-order chi connectivity index (χ0) is 37.5. The molecule has 1 atom stereocenters. The number of furan rings is 1. The van der Waals surface area contributed by atoms with E-state index in [2.05, 4.69) is 168 Å². The molecule has 1 N–H and O–H groups in total. The van der Waals surface area contributed by atoms with Crippen molar-refractivity contribution in [1.82, 2.24) is 9.88 Å². The van der Waals surface area contributed by atoms with Crippen LogP contribution in [-0.4, -0.2) is 16.2 Å². The van der Waals surface area contributed by atoms with Crippen LogP contribution in [0.5, 0.6) is 0 Å². The number of benzene rings is 8. The molecule has 0 aliphatic carbocycles. The lowest BCUT2D eigenvalue weighted by molar-refractivity contribution is 0.666. The van der Waals surface area contributed by atoms with Gasteiger partial charge in [0, 0.05) is 52.8 Å². The average Bonchev–Trinajstić information content (AvgIpc) is 3.95. The number of hydrogen-bond acceptors (Lipinski definition) is 5. The van der Waals surface area contributed by atoms with Crippen molar-refractivity contribution in [2.45, 2.75) is 6.17 Å². The van der Waals surface area contributed by atoms with E-state index in [1.807, 2.05) is 35.6 Å². The zero-order valence-electron chi connectivity index (χ0n) is 30.6. The third-order valence-corrected chi connectivity index (χ3v) is 12.4. The second-order valence-corrected chi connectivity index (χ2v) is 15.7. The van der Waals surface area contributed by atoms with Crippen LogP contribution in [0.4, 0.5) is 0 Å². The molecule has 1 aliphatic heterocycles. The van der Waals surface area contributed by atoms with Crippen molar-refractivity contribution in [3.05, 3.63) is 199 Å². The van der Waals surface area contributed by atoms with Gasteiger partial charge in [0.15, 0.2) is 11.4 Å². The van der Waals surface area contributed by atoms with Crippen LogP contribution >= 0.6 is 11.3 Å². The van der Waals surface area contributed by atoms with E-state index in [4.69, 9.17) is 14.4 Å². The van der Waals surface area contributed by atoms with Crippen LogP contribution in [0.15, 0.2) is 196 Å². The first-order valence-corrected chi connectivity index (χ1v) is 20.0. The van der Waals surface area contributed by atoms with E-state index in [0.717, 1.165) is 67.1 Å². The SMILES string of the molecule is c1ccc(C2=NC(c3ccccc3)NC(c3ccc4sc5ccc(-c6ccc7c(c6)oc6c(-n8c9ccccc9c9ccccc98)cccc67)cc5c4c3)=N2)cc1. The summed E-state index contributed by atoms with van der Waals surface area (Å²) in [6, 6.07) is 64.4. The molecule has 1 aliphatic rings. The molecule has 3 aromatic heterocycles. The van der Waals surface area contributed by atoms with Gasteiger partial charge in [-0.25, -0.2) is 9.98 Å². The van der Waals surface area contributed by atoms with Gasteiger partial charge in [-0.15, -0.1) is 11.3 Å². The minimum atomic E-state index is -0.248. The number of hydrogen-bond donors (Lipinski definition) is 1. The van der Waals surface area contributed by atoms with Crippen LogP contribution in [0.25, 0.3) is 80.7 Å². The van der Waals surface area contributed by atoms with Crippen molar-refractivity contribution in [1.29, 1.82) is 0 Å². The summed E-state index contributed by atoms with van der Waals surface area (Å²) in [7, 11) is 0. The lowest BCUT2D eigenvalue weighted by Gasteiger charge is -2.23. The van der Waals surface area contributed by atoms with Crippen molar-refractivity contribution < 1.29 is 4.42 Å². The molecule has 11 aromatic rings. The minimum absolute atomic E-state index is 0.248. The first-order valence-electron chi connectivity index (χ1n) is 19.2. The standard InChI is InChI=1S/C51H32N4OS/c1-3-12-31(13-4-1)49-52-50(32-14-5-2-6-15-32)54-51(53-49)35-24-27-47-41(29-35)40-28-33(23-26-46(40)57-47)34-22-25-38-39-18-11-21-44(48(39)56-45(38)30-34)55-42-19-9-7-16-36(42)37-17-8-10-20-43(37)55/h1-30,49H,(H,52,53,54). The molecule has 8 aromatic carbocycles. The molecule has 0 saturated carbocycles. The summed E-state index contributed by atoms with van der Waals surface area (Å²) in [6.45, 7) is 0. The summed E-state index contributed by atoms with van der Waals surface area (Å²) in [5.41, 5.74) is 10.5. The number of para-hydroxylation sites is 3. The Morgan fingerprint density at radius 1 is 0.491 bits per heavy atom. The maximum absolute atomic E-state index is 6.83. The van der Waals surface area contributed by atoms with Crippen LogP contribution in [0.1, 0.15) is 22.9 Å². The predicted molar refractivity (Wildman–Crippen MR) is 238 cm³/mol. The lowest BCUT2D eigenvalue weighted by atomic mass is 10.0. The summed E-state index contributed by atoms with van der Waals surface area (Å²) < 4.78 is 11.7. The third kappa shape index (κ3) is 5.15. The molecule has 0 radical (unpaired) electrons. The second kappa shape index (κ2) is 12.6. The number of aliphatic imine (C=N–C) groups is 2. The molecular formula is C51H32N4OS. The highest BCUT2D eigenvalue weighted by Gasteiger charge is 2.22. The molecule has 0 bridgehead atoms. The number of aromatic nitrogens is 1. The molecule has 268 valence electrons. The fourth-order valence-electron chi connectivity index (χ4n) is 8.54. The maximum atomic E-state index is 6.83. The largest absolute Gasteiger partial charge is 0.454 e. The van der Waals surface area contributed by atoms with Crippen LogP contribution in [-0.2, 0) is 0 Å². The molecular weight excluding hydrogens is 717 g/mol. The maximum Gasteiger partial charge on any atom is 0.159 e. The van der Waals surface area contributed by atoms with Crippen molar-refractivity contribution in [3.8, 4) is 16.8 Å². The fraction of sp³-hybridized carbons (Fsp3) is 0.0196. The van der Waals surface area contributed by atoms with Gasteiger partial charge in [0.05, 0.1) is 16.7 Å². The number of nitrogens with zero attached hydrogens (tertiary/aromatic N) is 3. The Balaban J connectivity index is 0.955. The van der Waals surface area contributed by atoms with E-state index >= 15 is 0 Å². The first-order chi connectivity index (χ1) is 28.2. The molecule has 0 amide bonds. The minimum Gasteiger partial charge on any atom is -0.454 e. The van der Waals surface area contributed by atoms with Crippen LogP contribution in [0.3, 0.4) is 0 Å². The number of thiophene rings is 1. The monoisotopic (exact) mass is 748 g/mol. The van der Waals surface area contributed by atoms with Gasteiger partial charge in [0.25, 0.3) is 0 Å². The second-order valence-electron chi connectivity index (χ2n) is 14.6. The van der Waals surface area contributed by atoms with Gasteiger partial charge in [0.1, 0.15) is 17.6 Å². The van der Waals surface area contributed by atoms with E-state index in [0.29, 0.717) is 0 Å². The molecule has 0 saturated heterocycles. The van der Waals surface area contributed by atoms with Gasteiger partial charge in [0.2, 0.25) is 0 Å². The van der Waals surface area contributed by atoms with Crippen molar-refractivity contribution in [3.63, 3.8) is 0 Å². The van der Waals surface area contributed by atoms with Gasteiger partial charge in [-0.3, -0.25) is 0 Å². The highest BCUT2D eigenvalue weighted by Crippen LogP contribution is 2.41. The van der Waals surface area contributed by atoms with Gasteiger partial charge in [-0.1, -0.05) is 121 Å². The third-order valence-electron chi connectivity index (χ3n) is 11.3. The molecule has 5 nitrogen and oxygen atoms in total. The van der Waals surface area contributed by atoms with E-state index in [1.54, 1.807) is 0 Å². The average molecular weight is 749 g/mol. The van der Waals surface area contributed by atoms with E-state index in [1.165, 1.54) is 42.0 Å². The Bertz CT molecular complexity index is 3390. The number of fused-ring (bicyclic) bond motifs is 9. The zero-order valence-corrected chi connectivity index (χ0v) is 31.4. The van der Waals surface area contributed by atoms with E-state index in [9.17, 15) is 0 Å². The van der Waals surface area contributed by atoms with Crippen LogP contribution < -0.4 is 5.32 Å². The summed E-state index contributed by atoms with van der Waals surface area (Å²) in [4.78, 5) is 10.1. The van der Waals surface area contributed by atoms with Crippen LogP contribution in [0, 0.1) is 0 Å². The van der Waals surface area contributed by atoms with Crippen molar-refractivity contribution in [2.75, 3.05) is 0 Å². The Labute approximate surface area is 331 Å². The number of rotatable bonds is 5. The highest BCUT2D eigenvalue weighted by molar-refractivity contribution is 7.25. The normalized spacial score (nSPS) is 14.5. The Kier molecular flexibility index (Phi) is 7.09.